The number of rotatable bonds is 6. The Kier molecular flexibility index (Phi) is 5.42. The summed E-state index contributed by atoms with van der Waals surface area (Å²) in [6, 6.07) is 6.46. The molecule has 1 aromatic carbocycles. The van der Waals surface area contributed by atoms with Gasteiger partial charge in [0, 0.05) is 24.2 Å². The second kappa shape index (κ2) is 6.83. The summed E-state index contributed by atoms with van der Waals surface area (Å²) < 4.78 is 0. The van der Waals surface area contributed by atoms with Crippen LogP contribution < -0.4 is 0 Å². The smallest absolute Gasteiger partial charge is 0.253 e. The lowest BCUT2D eigenvalue weighted by atomic mass is 10.0. The fourth-order valence-corrected chi connectivity index (χ4v) is 1.82. The molecule has 19 heavy (non-hydrogen) atoms. The second-order valence-electron chi connectivity index (χ2n) is 4.36. The number of Topliss-reactive ketones (excluding diaryl/α,β-unsaturated/α-hetero) is 2. The number of ketones is 2. The molecular weight excluding hydrogens is 242 g/mol. The first-order valence-electron chi connectivity index (χ1n) is 6.41. The number of hydrogen-bond acceptors (Lipinski definition) is 3. The highest BCUT2D eigenvalue weighted by molar-refractivity contribution is 6.07. The van der Waals surface area contributed by atoms with Gasteiger partial charge in [-0.25, -0.2) is 0 Å². The molecule has 1 rings (SSSR count). The minimum Gasteiger partial charge on any atom is -0.339 e. The average Bonchev–Trinajstić information content (AvgIpc) is 2.39. The van der Waals surface area contributed by atoms with Crippen molar-refractivity contribution in [2.75, 3.05) is 13.1 Å². The van der Waals surface area contributed by atoms with Gasteiger partial charge in [0.15, 0.2) is 5.78 Å². The van der Waals surface area contributed by atoms with Crippen LogP contribution >= 0.6 is 0 Å². The van der Waals surface area contributed by atoms with E-state index < -0.39 is 0 Å². The minimum absolute atomic E-state index is 0.0458. The predicted molar refractivity (Wildman–Crippen MR) is 73.3 cm³/mol. The Morgan fingerprint density at radius 1 is 0.947 bits per heavy atom. The fourth-order valence-electron chi connectivity index (χ4n) is 1.82. The van der Waals surface area contributed by atoms with Gasteiger partial charge in [-0.3, -0.25) is 14.4 Å². The SMILES string of the molecule is CCN(CC)C(=O)c1ccc(C(=O)CC(C)=O)cc1. The Hall–Kier alpha value is -1.97. The van der Waals surface area contributed by atoms with Crippen molar-refractivity contribution < 1.29 is 14.4 Å². The standard InChI is InChI=1S/C15H19NO3/c1-4-16(5-2)15(19)13-8-6-12(7-9-13)14(18)10-11(3)17/h6-9H,4-5,10H2,1-3H3. The van der Waals surface area contributed by atoms with E-state index in [0.717, 1.165) is 0 Å². The second-order valence-corrected chi connectivity index (χ2v) is 4.36. The highest BCUT2D eigenvalue weighted by Gasteiger charge is 2.13. The average molecular weight is 261 g/mol. The van der Waals surface area contributed by atoms with Gasteiger partial charge in [-0.1, -0.05) is 12.1 Å². The molecule has 0 aliphatic carbocycles. The molecule has 0 aliphatic heterocycles. The quantitative estimate of drug-likeness (QED) is 0.583. The molecule has 0 aromatic heterocycles. The molecule has 0 saturated carbocycles. The van der Waals surface area contributed by atoms with E-state index in [0.29, 0.717) is 24.2 Å². The topological polar surface area (TPSA) is 54.5 Å². The molecule has 0 fully saturated rings. The summed E-state index contributed by atoms with van der Waals surface area (Å²) in [7, 11) is 0. The summed E-state index contributed by atoms with van der Waals surface area (Å²) >= 11 is 0. The van der Waals surface area contributed by atoms with Crippen LogP contribution in [0.4, 0.5) is 0 Å². The van der Waals surface area contributed by atoms with E-state index in [1.165, 1.54) is 6.92 Å². The number of carbonyl (C=O) groups excluding carboxylic acids is 3. The maximum absolute atomic E-state index is 12.1. The highest BCUT2D eigenvalue weighted by Crippen LogP contribution is 2.10. The van der Waals surface area contributed by atoms with Gasteiger partial charge >= 0.3 is 0 Å². The van der Waals surface area contributed by atoms with Gasteiger partial charge in [0.25, 0.3) is 5.91 Å². The highest BCUT2D eigenvalue weighted by atomic mass is 16.2. The maximum Gasteiger partial charge on any atom is 0.253 e. The molecule has 0 saturated heterocycles. The molecule has 0 unspecified atom stereocenters. The molecule has 0 radical (unpaired) electrons. The van der Waals surface area contributed by atoms with E-state index in [9.17, 15) is 14.4 Å². The molecule has 0 atom stereocenters. The Morgan fingerprint density at radius 3 is 1.84 bits per heavy atom. The van der Waals surface area contributed by atoms with Crippen molar-refractivity contribution >= 4 is 17.5 Å². The van der Waals surface area contributed by atoms with Crippen molar-refractivity contribution in [1.29, 1.82) is 0 Å². The van der Waals surface area contributed by atoms with Gasteiger partial charge in [0.2, 0.25) is 0 Å². The minimum atomic E-state index is -0.214. The van der Waals surface area contributed by atoms with Crippen LogP contribution in [0.15, 0.2) is 24.3 Å². The van der Waals surface area contributed by atoms with Crippen LogP contribution in [0.3, 0.4) is 0 Å². The third kappa shape index (κ3) is 4.02. The number of benzene rings is 1. The van der Waals surface area contributed by atoms with Crippen LogP contribution in [0.5, 0.6) is 0 Å². The molecule has 0 spiro atoms. The van der Waals surface area contributed by atoms with Crippen LogP contribution in [0.2, 0.25) is 0 Å². The number of carbonyl (C=O) groups is 3. The lowest BCUT2D eigenvalue weighted by Gasteiger charge is -2.18. The number of amides is 1. The lowest BCUT2D eigenvalue weighted by molar-refractivity contribution is -0.116. The molecule has 102 valence electrons. The van der Waals surface area contributed by atoms with Gasteiger partial charge in [-0.2, -0.15) is 0 Å². The monoisotopic (exact) mass is 261 g/mol. The molecule has 4 nitrogen and oxygen atoms in total. The largest absolute Gasteiger partial charge is 0.339 e. The van der Waals surface area contributed by atoms with Gasteiger partial charge < -0.3 is 4.90 Å². The summed E-state index contributed by atoms with van der Waals surface area (Å²) in [6.45, 7) is 6.54. The summed E-state index contributed by atoms with van der Waals surface area (Å²) in [4.78, 5) is 36.3. The van der Waals surface area contributed by atoms with Crippen molar-refractivity contribution in [2.45, 2.75) is 27.2 Å². The van der Waals surface area contributed by atoms with Crippen LogP contribution in [0.25, 0.3) is 0 Å². The van der Waals surface area contributed by atoms with E-state index in [1.54, 1.807) is 29.2 Å². The van der Waals surface area contributed by atoms with Crippen LogP contribution in [-0.4, -0.2) is 35.5 Å². The van der Waals surface area contributed by atoms with Crippen LogP contribution in [-0.2, 0) is 4.79 Å². The Morgan fingerprint density at radius 2 is 1.42 bits per heavy atom. The molecule has 1 aromatic rings. The zero-order chi connectivity index (χ0) is 14.4. The predicted octanol–water partition coefficient (Wildman–Crippen LogP) is 2.33. The lowest BCUT2D eigenvalue weighted by Crippen LogP contribution is -2.30. The maximum atomic E-state index is 12.1. The zero-order valence-corrected chi connectivity index (χ0v) is 11.6. The van der Waals surface area contributed by atoms with Gasteiger partial charge in [0.05, 0.1) is 6.42 Å². The van der Waals surface area contributed by atoms with Crippen LogP contribution in [0, 0.1) is 0 Å². The van der Waals surface area contributed by atoms with Crippen molar-refractivity contribution in [2.24, 2.45) is 0 Å². The van der Waals surface area contributed by atoms with Gasteiger partial charge in [0.1, 0.15) is 5.78 Å². The molecule has 4 heteroatoms. The van der Waals surface area contributed by atoms with Gasteiger partial charge in [-0.15, -0.1) is 0 Å². The van der Waals surface area contributed by atoms with E-state index >= 15 is 0 Å². The Bertz CT molecular complexity index is 473. The first kappa shape index (κ1) is 15.1. The van der Waals surface area contributed by atoms with Crippen molar-refractivity contribution in [3.8, 4) is 0 Å². The normalized spacial score (nSPS) is 10.1. The number of hydrogen-bond donors (Lipinski definition) is 0. The Balaban J connectivity index is 2.84. The first-order valence-corrected chi connectivity index (χ1v) is 6.41. The summed E-state index contributed by atoms with van der Waals surface area (Å²) in [6.07, 6.45) is -0.0939. The molecule has 0 bridgehead atoms. The van der Waals surface area contributed by atoms with E-state index in [2.05, 4.69) is 0 Å². The fraction of sp³-hybridized carbons (Fsp3) is 0.400. The number of nitrogens with zero attached hydrogens (tertiary/aromatic N) is 1. The third-order valence-electron chi connectivity index (χ3n) is 2.91. The van der Waals surface area contributed by atoms with E-state index in [4.69, 9.17) is 0 Å². The molecule has 0 heterocycles. The van der Waals surface area contributed by atoms with E-state index in [1.807, 2.05) is 13.8 Å². The first-order chi connectivity index (χ1) is 8.99. The molecule has 1 amide bonds. The van der Waals surface area contributed by atoms with Crippen molar-refractivity contribution in [3.05, 3.63) is 35.4 Å². The molecular formula is C15H19NO3. The zero-order valence-electron chi connectivity index (χ0n) is 11.6. The Labute approximate surface area is 113 Å². The molecule has 0 N–H and O–H groups in total. The van der Waals surface area contributed by atoms with Gasteiger partial charge in [-0.05, 0) is 32.9 Å². The van der Waals surface area contributed by atoms with E-state index in [-0.39, 0.29) is 23.9 Å². The van der Waals surface area contributed by atoms with Crippen LogP contribution in [0.1, 0.15) is 47.9 Å². The summed E-state index contributed by atoms with van der Waals surface area (Å²) in [5, 5.41) is 0. The third-order valence-corrected chi connectivity index (χ3v) is 2.91. The summed E-state index contributed by atoms with van der Waals surface area (Å²) in [5.74, 6) is -0.418. The van der Waals surface area contributed by atoms with Crippen molar-refractivity contribution in [1.82, 2.24) is 4.90 Å². The van der Waals surface area contributed by atoms with Crippen molar-refractivity contribution in [3.63, 3.8) is 0 Å². The molecule has 0 aliphatic rings. The summed E-state index contributed by atoms with van der Waals surface area (Å²) in [5.41, 5.74) is 1.02.